The number of hydrogen-bond donors (Lipinski definition) is 1. The first-order valence-electron chi connectivity index (χ1n) is 9.97. The van der Waals surface area contributed by atoms with Crippen LogP contribution < -0.4 is 5.32 Å². The van der Waals surface area contributed by atoms with E-state index in [4.69, 9.17) is 4.74 Å². The van der Waals surface area contributed by atoms with E-state index in [0.717, 1.165) is 19.3 Å². The molecule has 1 aromatic heterocycles. The summed E-state index contributed by atoms with van der Waals surface area (Å²) in [5.41, 5.74) is 3.99. The summed E-state index contributed by atoms with van der Waals surface area (Å²) in [5, 5.41) is 3.36. The zero-order chi connectivity index (χ0) is 22.0. The van der Waals surface area contributed by atoms with Gasteiger partial charge in [-0.15, -0.1) is 0 Å². The van der Waals surface area contributed by atoms with Crippen molar-refractivity contribution in [2.24, 2.45) is 0 Å². The monoisotopic (exact) mass is 439 g/mol. The minimum atomic E-state index is -1.00. The number of rotatable bonds is 6. The van der Waals surface area contributed by atoms with Crippen LogP contribution in [0.2, 0.25) is 0 Å². The van der Waals surface area contributed by atoms with Crippen LogP contribution >= 0.6 is 11.8 Å². The highest BCUT2D eigenvalue weighted by Crippen LogP contribution is 2.25. The average molecular weight is 440 g/mol. The Bertz CT molecular complexity index is 1130. The number of fused-ring (bicyclic) bond motifs is 1. The zero-order valence-corrected chi connectivity index (χ0v) is 18.0. The number of hydrogen-bond acceptors (Lipinski definition) is 5. The number of nitrogens with one attached hydrogen (secondary N) is 1. The third-order valence-corrected chi connectivity index (χ3v) is 5.88. The molecule has 1 atom stereocenters. The standard InChI is InChI=1S/C23H22FN3O3S/c1-14(21(28)26-18-9-6-15-4-3-5-16(15)12-18)30-22(29)20-13-25-23(31-2)27(20)19-10-7-17(24)8-11-19/h6-14H,3-5H2,1-2H3,(H,26,28). The predicted molar refractivity (Wildman–Crippen MR) is 117 cm³/mol. The first-order chi connectivity index (χ1) is 15.0. The summed E-state index contributed by atoms with van der Waals surface area (Å²) < 4.78 is 20.3. The largest absolute Gasteiger partial charge is 0.448 e. The molecule has 1 N–H and O–H groups in total. The number of thioether (sulfide) groups is 1. The van der Waals surface area contributed by atoms with Crippen LogP contribution in [-0.2, 0) is 22.4 Å². The lowest BCUT2D eigenvalue weighted by Gasteiger charge is -2.15. The Morgan fingerprint density at radius 2 is 1.90 bits per heavy atom. The number of benzene rings is 2. The average Bonchev–Trinajstić information content (AvgIpc) is 3.40. The summed E-state index contributed by atoms with van der Waals surface area (Å²) in [6.07, 6.45) is 5.41. The summed E-state index contributed by atoms with van der Waals surface area (Å²) in [6.45, 7) is 1.52. The van der Waals surface area contributed by atoms with Crippen molar-refractivity contribution in [2.75, 3.05) is 11.6 Å². The molecule has 1 aliphatic carbocycles. The number of halogens is 1. The number of ether oxygens (including phenoxy) is 1. The van der Waals surface area contributed by atoms with E-state index >= 15 is 0 Å². The molecule has 1 heterocycles. The Balaban J connectivity index is 1.48. The van der Waals surface area contributed by atoms with Crippen LogP contribution in [-0.4, -0.2) is 33.8 Å². The summed E-state index contributed by atoms with van der Waals surface area (Å²) in [7, 11) is 0. The maximum absolute atomic E-state index is 13.3. The van der Waals surface area contributed by atoms with Gasteiger partial charge >= 0.3 is 5.97 Å². The molecule has 0 radical (unpaired) electrons. The molecule has 0 bridgehead atoms. The normalized spacial score (nSPS) is 13.5. The van der Waals surface area contributed by atoms with Gasteiger partial charge in [0.25, 0.3) is 5.91 Å². The first-order valence-corrected chi connectivity index (χ1v) is 11.2. The molecule has 0 saturated heterocycles. The fourth-order valence-electron chi connectivity index (χ4n) is 3.63. The number of aryl methyl sites for hydroxylation is 2. The van der Waals surface area contributed by atoms with Crippen LogP contribution in [0.5, 0.6) is 0 Å². The van der Waals surface area contributed by atoms with Crippen molar-refractivity contribution in [3.05, 3.63) is 71.3 Å². The van der Waals surface area contributed by atoms with Crippen molar-refractivity contribution >= 4 is 29.3 Å². The number of aromatic nitrogens is 2. The maximum atomic E-state index is 13.3. The molecule has 1 amide bonds. The van der Waals surface area contributed by atoms with Crippen LogP contribution in [0.15, 0.2) is 53.8 Å². The van der Waals surface area contributed by atoms with Gasteiger partial charge < -0.3 is 10.1 Å². The van der Waals surface area contributed by atoms with Crippen LogP contribution in [0.4, 0.5) is 10.1 Å². The molecular weight excluding hydrogens is 417 g/mol. The third-order valence-electron chi connectivity index (χ3n) is 5.23. The highest BCUT2D eigenvalue weighted by Gasteiger charge is 2.24. The number of nitrogens with zero attached hydrogens (tertiary/aromatic N) is 2. The topological polar surface area (TPSA) is 73.2 Å². The van der Waals surface area contributed by atoms with Crippen molar-refractivity contribution in [1.29, 1.82) is 0 Å². The predicted octanol–water partition coefficient (Wildman–Crippen LogP) is 4.41. The van der Waals surface area contributed by atoms with Gasteiger partial charge in [-0.1, -0.05) is 17.8 Å². The van der Waals surface area contributed by atoms with E-state index in [2.05, 4.69) is 10.3 Å². The van der Waals surface area contributed by atoms with Crippen LogP contribution in [0.25, 0.3) is 5.69 Å². The molecule has 1 aliphatic rings. The molecule has 160 valence electrons. The molecule has 0 fully saturated rings. The van der Waals surface area contributed by atoms with E-state index in [0.29, 0.717) is 16.5 Å². The van der Waals surface area contributed by atoms with Gasteiger partial charge in [0, 0.05) is 11.4 Å². The SMILES string of the molecule is CSc1ncc(C(=O)OC(C)C(=O)Nc2ccc3c(c2)CCC3)n1-c1ccc(F)cc1. The molecule has 0 aliphatic heterocycles. The molecule has 0 spiro atoms. The molecule has 6 nitrogen and oxygen atoms in total. The Morgan fingerprint density at radius 3 is 2.65 bits per heavy atom. The molecule has 3 aromatic rings. The Morgan fingerprint density at radius 1 is 1.16 bits per heavy atom. The van der Waals surface area contributed by atoms with Crippen molar-refractivity contribution in [3.63, 3.8) is 0 Å². The fourth-order valence-corrected chi connectivity index (χ4v) is 4.17. The summed E-state index contributed by atoms with van der Waals surface area (Å²) in [5.74, 6) is -1.48. The summed E-state index contributed by atoms with van der Waals surface area (Å²) >= 11 is 1.34. The minimum absolute atomic E-state index is 0.160. The smallest absolute Gasteiger partial charge is 0.357 e. The highest BCUT2D eigenvalue weighted by atomic mass is 32.2. The van der Waals surface area contributed by atoms with Crippen molar-refractivity contribution in [3.8, 4) is 5.69 Å². The third kappa shape index (κ3) is 4.49. The van der Waals surface area contributed by atoms with Crippen LogP contribution in [0.3, 0.4) is 0 Å². The Hall–Kier alpha value is -3.13. The van der Waals surface area contributed by atoms with Crippen molar-refractivity contribution < 1.29 is 18.7 Å². The fraction of sp³-hybridized carbons (Fsp3) is 0.261. The number of imidazole rings is 1. The zero-order valence-electron chi connectivity index (χ0n) is 17.2. The van der Waals surface area contributed by atoms with Crippen LogP contribution in [0, 0.1) is 5.82 Å². The lowest BCUT2D eigenvalue weighted by Crippen LogP contribution is -2.30. The van der Waals surface area contributed by atoms with E-state index < -0.39 is 18.0 Å². The second-order valence-corrected chi connectivity index (χ2v) is 8.09. The van der Waals surface area contributed by atoms with Crippen molar-refractivity contribution in [1.82, 2.24) is 9.55 Å². The number of carbonyl (C=O) groups is 2. The highest BCUT2D eigenvalue weighted by molar-refractivity contribution is 7.98. The van der Waals surface area contributed by atoms with Gasteiger partial charge in [0.05, 0.1) is 6.20 Å². The summed E-state index contributed by atoms with van der Waals surface area (Å²) in [4.78, 5) is 29.6. The molecule has 2 aromatic carbocycles. The minimum Gasteiger partial charge on any atom is -0.448 e. The van der Waals surface area contributed by atoms with Gasteiger partial charge in [-0.2, -0.15) is 0 Å². The van der Waals surface area contributed by atoms with Gasteiger partial charge in [0.15, 0.2) is 17.0 Å². The molecule has 31 heavy (non-hydrogen) atoms. The Labute approximate surface area is 183 Å². The second kappa shape index (κ2) is 8.93. The lowest BCUT2D eigenvalue weighted by atomic mass is 10.1. The lowest BCUT2D eigenvalue weighted by molar-refractivity contribution is -0.123. The molecule has 1 unspecified atom stereocenters. The van der Waals surface area contributed by atoms with Gasteiger partial charge in [0.2, 0.25) is 0 Å². The van der Waals surface area contributed by atoms with Crippen LogP contribution in [0.1, 0.15) is 35.0 Å². The van der Waals surface area contributed by atoms with Gasteiger partial charge in [0.1, 0.15) is 5.82 Å². The van der Waals surface area contributed by atoms with E-state index in [-0.39, 0.29) is 11.5 Å². The second-order valence-electron chi connectivity index (χ2n) is 7.32. The number of esters is 1. The molecule has 8 heteroatoms. The first kappa shape index (κ1) is 21.1. The van der Waals surface area contributed by atoms with E-state index in [1.165, 1.54) is 48.1 Å². The van der Waals surface area contributed by atoms with Gasteiger partial charge in [-0.05, 0) is 80.0 Å². The molecular formula is C23H22FN3O3S. The van der Waals surface area contributed by atoms with E-state index in [9.17, 15) is 14.0 Å². The van der Waals surface area contributed by atoms with E-state index in [1.807, 2.05) is 24.5 Å². The van der Waals surface area contributed by atoms with Gasteiger partial charge in [-0.3, -0.25) is 9.36 Å². The summed E-state index contributed by atoms with van der Waals surface area (Å²) in [6, 6.07) is 11.6. The van der Waals surface area contributed by atoms with Gasteiger partial charge in [-0.25, -0.2) is 14.2 Å². The quantitative estimate of drug-likeness (QED) is 0.455. The number of amides is 1. The number of carbonyl (C=O) groups excluding carboxylic acids is 2. The molecule has 4 rings (SSSR count). The van der Waals surface area contributed by atoms with Crippen molar-refractivity contribution in [2.45, 2.75) is 37.4 Å². The van der Waals surface area contributed by atoms with E-state index in [1.54, 1.807) is 16.7 Å². The number of anilines is 1. The maximum Gasteiger partial charge on any atom is 0.357 e. The Kier molecular flexibility index (Phi) is 6.08. The molecule has 0 saturated carbocycles.